The van der Waals surface area contributed by atoms with Gasteiger partial charge in [0.15, 0.2) is 5.60 Å². The standard InChI is InChI=1S/C19H25NO2S/c21-18(23)19-12(10-20-22-19)9-16-15-6-5-11-3-1-2-4-13(11)14(15)7-8-17(16)19/h2-4,12-17,20H,1,5-10H2,(H,21,23). The maximum absolute atomic E-state index is 12.4. The minimum atomic E-state index is -0.642. The van der Waals surface area contributed by atoms with Crippen LogP contribution in [0, 0.1) is 35.5 Å². The van der Waals surface area contributed by atoms with Gasteiger partial charge in [-0.05, 0) is 56.3 Å². The van der Waals surface area contributed by atoms with Crippen LogP contribution in [0.4, 0.5) is 0 Å². The summed E-state index contributed by atoms with van der Waals surface area (Å²) in [5.74, 6) is 3.55. The first-order chi connectivity index (χ1) is 11.2. The van der Waals surface area contributed by atoms with Gasteiger partial charge in [-0.2, -0.15) is 0 Å². The van der Waals surface area contributed by atoms with E-state index in [1.54, 1.807) is 5.57 Å². The van der Waals surface area contributed by atoms with Crippen molar-refractivity contribution in [2.75, 3.05) is 6.54 Å². The van der Waals surface area contributed by atoms with Crippen molar-refractivity contribution in [2.45, 2.75) is 44.1 Å². The second-order valence-corrected chi connectivity index (χ2v) is 8.57. The summed E-state index contributed by atoms with van der Waals surface area (Å²) in [5.41, 5.74) is 4.05. The van der Waals surface area contributed by atoms with E-state index in [0.29, 0.717) is 23.7 Å². The molecule has 7 atom stereocenters. The molecule has 3 nitrogen and oxygen atoms in total. The summed E-state index contributed by atoms with van der Waals surface area (Å²) < 4.78 is 0. The molecule has 0 aromatic carbocycles. The van der Waals surface area contributed by atoms with Gasteiger partial charge in [0.05, 0.1) is 0 Å². The van der Waals surface area contributed by atoms with Gasteiger partial charge in [-0.15, -0.1) is 12.6 Å². The first-order valence-corrected chi connectivity index (χ1v) is 9.66. The van der Waals surface area contributed by atoms with Gasteiger partial charge in [-0.1, -0.05) is 23.8 Å². The van der Waals surface area contributed by atoms with Crippen LogP contribution in [0.5, 0.6) is 0 Å². The molecule has 1 N–H and O–H groups in total. The van der Waals surface area contributed by atoms with Crippen molar-refractivity contribution in [1.29, 1.82) is 0 Å². The van der Waals surface area contributed by atoms with Crippen molar-refractivity contribution in [3.63, 3.8) is 0 Å². The molecule has 1 aliphatic heterocycles. The van der Waals surface area contributed by atoms with Crippen LogP contribution in [0.2, 0.25) is 0 Å². The molecule has 4 heteroatoms. The Hall–Kier alpha value is -0.580. The highest BCUT2D eigenvalue weighted by Gasteiger charge is 2.65. The fourth-order valence-corrected chi connectivity index (χ4v) is 7.12. The second kappa shape index (κ2) is 5.21. The smallest absolute Gasteiger partial charge is 0.220 e. The molecule has 124 valence electrons. The van der Waals surface area contributed by atoms with Crippen LogP contribution in [0.3, 0.4) is 0 Å². The molecule has 5 rings (SSSR count). The molecular formula is C19H25NO2S. The number of thiol groups is 1. The van der Waals surface area contributed by atoms with E-state index in [-0.39, 0.29) is 5.12 Å². The molecule has 0 bridgehead atoms. The number of carbonyl (C=O) groups is 1. The highest BCUT2D eigenvalue weighted by atomic mass is 32.1. The molecule has 0 aromatic rings. The predicted molar refractivity (Wildman–Crippen MR) is 91.7 cm³/mol. The average Bonchev–Trinajstić information content (AvgIpc) is 3.11. The topological polar surface area (TPSA) is 38.3 Å². The summed E-state index contributed by atoms with van der Waals surface area (Å²) in [4.78, 5) is 18.3. The molecule has 1 saturated heterocycles. The Kier molecular flexibility index (Phi) is 3.34. The lowest BCUT2D eigenvalue weighted by Crippen LogP contribution is -2.50. The van der Waals surface area contributed by atoms with E-state index in [0.717, 1.165) is 37.6 Å². The van der Waals surface area contributed by atoms with Gasteiger partial charge < -0.3 is 0 Å². The quantitative estimate of drug-likeness (QED) is 0.572. The fraction of sp³-hybridized carbons (Fsp3) is 0.737. The zero-order valence-corrected chi connectivity index (χ0v) is 14.3. The van der Waals surface area contributed by atoms with Crippen LogP contribution in [0.1, 0.15) is 38.5 Å². The van der Waals surface area contributed by atoms with Crippen LogP contribution in [-0.2, 0) is 9.63 Å². The van der Waals surface area contributed by atoms with Crippen molar-refractivity contribution in [2.24, 2.45) is 35.5 Å². The normalized spacial score (nSPS) is 50.6. The molecule has 3 saturated carbocycles. The maximum Gasteiger partial charge on any atom is 0.220 e. The summed E-state index contributed by atoms with van der Waals surface area (Å²) in [6, 6.07) is 0. The van der Waals surface area contributed by atoms with Gasteiger partial charge in [0.2, 0.25) is 5.12 Å². The largest absolute Gasteiger partial charge is 0.286 e. The van der Waals surface area contributed by atoms with E-state index < -0.39 is 5.60 Å². The average molecular weight is 331 g/mol. The number of hydrogen-bond donors (Lipinski definition) is 2. The van der Waals surface area contributed by atoms with Gasteiger partial charge in [-0.25, -0.2) is 5.48 Å². The number of allylic oxidation sites excluding steroid dienone is 4. The van der Waals surface area contributed by atoms with E-state index >= 15 is 0 Å². The SMILES string of the molecule is O=C(S)C12ONCC1CC1C3CCC4=CCC=CC4C3CCC12. The van der Waals surface area contributed by atoms with Crippen molar-refractivity contribution >= 4 is 17.7 Å². The molecule has 4 fully saturated rings. The van der Waals surface area contributed by atoms with Crippen LogP contribution >= 0.6 is 12.6 Å². The van der Waals surface area contributed by atoms with E-state index in [4.69, 9.17) is 4.84 Å². The third kappa shape index (κ3) is 1.89. The number of carbonyl (C=O) groups excluding carboxylic acids is 1. The van der Waals surface area contributed by atoms with Crippen molar-refractivity contribution in [3.05, 3.63) is 23.8 Å². The van der Waals surface area contributed by atoms with Gasteiger partial charge in [-0.3, -0.25) is 9.63 Å². The molecule has 1 heterocycles. The number of rotatable bonds is 1. The summed E-state index contributed by atoms with van der Waals surface area (Å²) in [6.07, 6.45) is 14.4. The third-order valence-electron chi connectivity index (χ3n) is 7.56. The van der Waals surface area contributed by atoms with Crippen LogP contribution in [-0.4, -0.2) is 17.3 Å². The Morgan fingerprint density at radius 3 is 3.04 bits per heavy atom. The van der Waals surface area contributed by atoms with Crippen LogP contribution in [0.15, 0.2) is 23.8 Å². The summed E-state index contributed by atoms with van der Waals surface area (Å²) in [7, 11) is 0. The first-order valence-electron chi connectivity index (χ1n) is 9.21. The van der Waals surface area contributed by atoms with Gasteiger partial charge >= 0.3 is 0 Å². The van der Waals surface area contributed by atoms with Crippen molar-refractivity contribution in [1.82, 2.24) is 5.48 Å². The van der Waals surface area contributed by atoms with E-state index in [2.05, 4.69) is 36.3 Å². The van der Waals surface area contributed by atoms with Crippen LogP contribution < -0.4 is 5.48 Å². The first kappa shape index (κ1) is 14.7. The molecule has 0 aromatic heterocycles. The highest BCUT2D eigenvalue weighted by molar-refractivity contribution is 7.96. The summed E-state index contributed by atoms with van der Waals surface area (Å²) >= 11 is 4.24. The van der Waals surface area contributed by atoms with Crippen LogP contribution in [0.25, 0.3) is 0 Å². The van der Waals surface area contributed by atoms with E-state index in [1.807, 2.05) is 0 Å². The van der Waals surface area contributed by atoms with Gasteiger partial charge in [0.25, 0.3) is 0 Å². The minimum absolute atomic E-state index is 0.0487. The number of hydrogen-bond acceptors (Lipinski definition) is 3. The van der Waals surface area contributed by atoms with E-state index in [1.165, 1.54) is 19.3 Å². The van der Waals surface area contributed by atoms with Gasteiger partial charge in [0.1, 0.15) is 0 Å². The summed E-state index contributed by atoms with van der Waals surface area (Å²) in [5, 5.41) is -0.0487. The number of nitrogens with one attached hydrogen (secondary N) is 1. The maximum atomic E-state index is 12.4. The highest BCUT2D eigenvalue weighted by Crippen LogP contribution is 2.62. The van der Waals surface area contributed by atoms with Crippen molar-refractivity contribution in [3.8, 4) is 0 Å². The third-order valence-corrected chi connectivity index (χ3v) is 7.91. The lowest BCUT2D eigenvalue weighted by Gasteiger charge is -2.49. The minimum Gasteiger partial charge on any atom is -0.286 e. The monoisotopic (exact) mass is 331 g/mol. The molecule has 4 aliphatic carbocycles. The Morgan fingerprint density at radius 2 is 2.17 bits per heavy atom. The predicted octanol–water partition coefficient (Wildman–Crippen LogP) is 3.29. The fourth-order valence-electron chi connectivity index (χ4n) is 6.72. The van der Waals surface area contributed by atoms with Crippen molar-refractivity contribution < 1.29 is 9.63 Å². The lowest BCUT2D eigenvalue weighted by molar-refractivity contribution is -0.150. The molecule has 5 aliphatic rings. The molecule has 7 unspecified atom stereocenters. The Bertz CT molecular complexity index is 600. The number of fused-ring (bicyclic) bond motifs is 7. The zero-order valence-electron chi connectivity index (χ0n) is 13.4. The Morgan fingerprint density at radius 1 is 1.26 bits per heavy atom. The molecule has 0 spiro atoms. The molecule has 0 radical (unpaired) electrons. The second-order valence-electron chi connectivity index (χ2n) is 8.16. The molecule has 0 amide bonds. The molecule has 23 heavy (non-hydrogen) atoms. The van der Waals surface area contributed by atoms with E-state index in [9.17, 15) is 4.79 Å². The molecular weight excluding hydrogens is 306 g/mol. The summed E-state index contributed by atoms with van der Waals surface area (Å²) in [6.45, 7) is 0.811. The Labute approximate surface area is 143 Å². The zero-order chi connectivity index (χ0) is 15.6. The van der Waals surface area contributed by atoms with Gasteiger partial charge in [0, 0.05) is 24.3 Å². The number of hydroxylamine groups is 1. The Balaban J connectivity index is 1.48. The lowest BCUT2D eigenvalue weighted by atomic mass is 9.56.